The number of nitrogens with zero attached hydrogens (tertiary/aromatic N) is 1. The molecule has 33 heavy (non-hydrogen) atoms. The lowest BCUT2D eigenvalue weighted by molar-refractivity contribution is -0.112. The molecule has 6 nitrogen and oxygen atoms in total. The minimum absolute atomic E-state index is 0.0660. The van der Waals surface area contributed by atoms with Gasteiger partial charge in [0.1, 0.15) is 24.0 Å². The number of halogens is 2. The van der Waals surface area contributed by atoms with E-state index < -0.39 is 11.9 Å². The van der Waals surface area contributed by atoms with E-state index in [4.69, 9.17) is 4.74 Å². The summed E-state index contributed by atoms with van der Waals surface area (Å²) in [6, 6.07) is 19.3. The number of hydrogen-bond acceptors (Lipinski definition) is 4. The summed E-state index contributed by atoms with van der Waals surface area (Å²) in [5, 5.41) is 21.3. The van der Waals surface area contributed by atoms with Gasteiger partial charge in [0.15, 0.2) is 0 Å². The van der Waals surface area contributed by atoms with E-state index in [2.05, 4.69) is 37.2 Å². The first-order valence-electron chi connectivity index (χ1n) is 9.71. The Bertz CT molecular complexity index is 1270. The Labute approximate surface area is 207 Å². The summed E-state index contributed by atoms with van der Waals surface area (Å²) < 4.78 is 7.23. The number of aryl methyl sites for hydroxylation is 1. The van der Waals surface area contributed by atoms with Crippen LogP contribution in [-0.2, 0) is 11.4 Å². The zero-order valence-electron chi connectivity index (χ0n) is 17.4. The van der Waals surface area contributed by atoms with Crippen molar-refractivity contribution < 1.29 is 19.4 Å². The van der Waals surface area contributed by atoms with Crippen molar-refractivity contribution in [2.24, 2.45) is 0 Å². The van der Waals surface area contributed by atoms with Crippen molar-refractivity contribution in [2.75, 3.05) is 5.32 Å². The number of aromatic carboxylic acids is 1. The molecule has 166 valence electrons. The van der Waals surface area contributed by atoms with Gasteiger partial charge in [-0.2, -0.15) is 5.26 Å². The lowest BCUT2D eigenvalue weighted by Crippen LogP contribution is -2.16. The Hall–Kier alpha value is -3.41. The van der Waals surface area contributed by atoms with Crippen molar-refractivity contribution in [3.05, 3.63) is 97.4 Å². The van der Waals surface area contributed by atoms with Crippen LogP contribution in [0.4, 0.5) is 5.69 Å². The maximum atomic E-state index is 12.6. The lowest BCUT2D eigenvalue weighted by atomic mass is 10.1. The van der Waals surface area contributed by atoms with E-state index in [0.717, 1.165) is 11.1 Å². The number of benzene rings is 3. The second-order valence-corrected chi connectivity index (χ2v) is 8.77. The second-order valence-electron chi connectivity index (χ2n) is 7.07. The number of carbonyl (C=O) groups is 2. The van der Waals surface area contributed by atoms with Crippen LogP contribution in [0.25, 0.3) is 6.08 Å². The monoisotopic (exact) mass is 568 g/mol. The van der Waals surface area contributed by atoms with Gasteiger partial charge in [0, 0.05) is 0 Å². The van der Waals surface area contributed by atoms with Crippen LogP contribution >= 0.6 is 31.9 Å². The number of hydrogen-bond donors (Lipinski definition) is 2. The number of carboxylic acid groups (broad SMARTS) is 1. The minimum atomic E-state index is -1.18. The normalized spacial score (nSPS) is 10.9. The molecular weight excluding hydrogens is 552 g/mol. The van der Waals surface area contributed by atoms with Gasteiger partial charge in [0.05, 0.1) is 20.2 Å². The largest absolute Gasteiger partial charge is 0.487 e. The highest BCUT2D eigenvalue weighted by molar-refractivity contribution is 9.11. The standard InChI is InChI=1S/C25H18Br2N2O4/c1-15-5-4-6-16(9-15)14-33-23-20(26)11-17(12-21(23)27)10-18(13-28)24(30)29-22-8-3-2-7-19(22)25(31)32/h2-12H,14H2,1H3,(H,29,30)(H,31,32)/b18-10+. The number of ether oxygens (including phenoxy) is 1. The Morgan fingerprint density at radius 2 is 1.79 bits per heavy atom. The highest BCUT2D eigenvalue weighted by atomic mass is 79.9. The molecule has 0 fully saturated rings. The maximum Gasteiger partial charge on any atom is 0.337 e. The van der Waals surface area contributed by atoms with Gasteiger partial charge in [0.25, 0.3) is 5.91 Å². The van der Waals surface area contributed by atoms with Crippen molar-refractivity contribution in [1.29, 1.82) is 5.26 Å². The molecule has 3 aromatic carbocycles. The molecule has 3 aromatic rings. The molecule has 0 atom stereocenters. The second kappa shape index (κ2) is 10.9. The van der Waals surface area contributed by atoms with Crippen molar-refractivity contribution in [1.82, 2.24) is 0 Å². The zero-order valence-corrected chi connectivity index (χ0v) is 20.6. The highest BCUT2D eigenvalue weighted by Crippen LogP contribution is 2.36. The van der Waals surface area contributed by atoms with Gasteiger partial charge in [-0.05, 0) is 80.3 Å². The highest BCUT2D eigenvalue weighted by Gasteiger charge is 2.16. The molecule has 0 saturated heterocycles. The number of rotatable bonds is 7. The predicted molar refractivity (Wildman–Crippen MR) is 133 cm³/mol. The number of para-hydroxylation sites is 1. The Morgan fingerprint density at radius 1 is 1.09 bits per heavy atom. The molecule has 0 heterocycles. The SMILES string of the molecule is Cc1cccc(COc2c(Br)cc(/C=C(\C#N)C(=O)Nc3ccccc3C(=O)O)cc2Br)c1. The topological polar surface area (TPSA) is 99.4 Å². The summed E-state index contributed by atoms with van der Waals surface area (Å²) in [6.45, 7) is 2.39. The molecule has 0 radical (unpaired) electrons. The molecule has 8 heteroatoms. The number of carbonyl (C=O) groups excluding carboxylic acids is 1. The Morgan fingerprint density at radius 3 is 2.42 bits per heavy atom. The van der Waals surface area contributed by atoms with Gasteiger partial charge < -0.3 is 15.2 Å². The molecule has 0 saturated carbocycles. The number of nitrogens with one attached hydrogen (secondary N) is 1. The summed E-state index contributed by atoms with van der Waals surface area (Å²) in [4.78, 5) is 24.0. The van der Waals surface area contributed by atoms with Crippen LogP contribution < -0.4 is 10.1 Å². The van der Waals surface area contributed by atoms with Crippen LogP contribution in [-0.4, -0.2) is 17.0 Å². The molecule has 0 aliphatic rings. The van der Waals surface area contributed by atoms with E-state index in [-0.39, 0.29) is 16.8 Å². The fourth-order valence-corrected chi connectivity index (χ4v) is 4.49. The predicted octanol–water partition coefficient (Wildman–Crippen LogP) is 6.34. The van der Waals surface area contributed by atoms with Gasteiger partial charge in [-0.25, -0.2) is 4.79 Å². The first-order valence-corrected chi connectivity index (χ1v) is 11.3. The number of amides is 1. The number of carboxylic acids is 1. The first-order chi connectivity index (χ1) is 15.8. The van der Waals surface area contributed by atoms with E-state index in [1.54, 1.807) is 24.3 Å². The maximum absolute atomic E-state index is 12.6. The van der Waals surface area contributed by atoms with E-state index in [1.165, 1.54) is 18.2 Å². The molecule has 0 spiro atoms. The van der Waals surface area contributed by atoms with Gasteiger partial charge in [-0.1, -0.05) is 42.0 Å². The summed E-state index contributed by atoms with van der Waals surface area (Å²) in [5.41, 5.74) is 2.62. The van der Waals surface area contributed by atoms with Crippen LogP contribution in [0.5, 0.6) is 5.75 Å². The molecule has 0 aliphatic carbocycles. The van der Waals surface area contributed by atoms with E-state index in [0.29, 0.717) is 26.9 Å². The van der Waals surface area contributed by atoms with Gasteiger partial charge >= 0.3 is 5.97 Å². The molecule has 1 amide bonds. The zero-order chi connectivity index (χ0) is 24.0. The van der Waals surface area contributed by atoms with E-state index >= 15 is 0 Å². The summed E-state index contributed by atoms with van der Waals surface area (Å²) >= 11 is 6.96. The Balaban J connectivity index is 1.80. The number of nitriles is 1. The van der Waals surface area contributed by atoms with E-state index in [9.17, 15) is 20.0 Å². The van der Waals surface area contributed by atoms with Crippen molar-refractivity contribution >= 4 is 55.5 Å². The first kappa shape index (κ1) is 24.2. The van der Waals surface area contributed by atoms with Crippen LogP contribution in [0.2, 0.25) is 0 Å². The third kappa shape index (κ3) is 6.31. The molecule has 3 rings (SSSR count). The summed E-state index contributed by atoms with van der Waals surface area (Å²) in [7, 11) is 0. The third-order valence-corrected chi connectivity index (χ3v) is 5.75. The molecule has 2 N–H and O–H groups in total. The molecule has 0 aliphatic heterocycles. The lowest BCUT2D eigenvalue weighted by Gasteiger charge is -2.12. The average molecular weight is 570 g/mol. The van der Waals surface area contributed by atoms with Gasteiger partial charge in [0.2, 0.25) is 0 Å². The van der Waals surface area contributed by atoms with Crippen molar-refractivity contribution in [3.63, 3.8) is 0 Å². The van der Waals surface area contributed by atoms with Crippen molar-refractivity contribution in [3.8, 4) is 11.8 Å². The van der Waals surface area contributed by atoms with Gasteiger partial charge in [-0.3, -0.25) is 4.79 Å². The van der Waals surface area contributed by atoms with Crippen LogP contribution in [0, 0.1) is 18.3 Å². The fourth-order valence-electron chi connectivity index (χ4n) is 3.04. The quantitative estimate of drug-likeness (QED) is 0.255. The average Bonchev–Trinajstić information content (AvgIpc) is 2.77. The minimum Gasteiger partial charge on any atom is -0.487 e. The van der Waals surface area contributed by atoms with Crippen LogP contribution in [0.15, 0.2) is 75.2 Å². The van der Waals surface area contributed by atoms with Crippen LogP contribution in [0.1, 0.15) is 27.0 Å². The molecule has 0 unspecified atom stereocenters. The van der Waals surface area contributed by atoms with Crippen molar-refractivity contribution in [2.45, 2.75) is 13.5 Å². The summed E-state index contributed by atoms with van der Waals surface area (Å²) in [5.74, 6) is -1.30. The number of anilines is 1. The van der Waals surface area contributed by atoms with Crippen LogP contribution in [0.3, 0.4) is 0 Å². The fraction of sp³-hybridized carbons (Fsp3) is 0.0800. The third-order valence-electron chi connectivity index (χ3n) is 4.57. The molecule has 0 aromatic heterocycles. The smallest absolute Gasteiger partial charge is 0.337 e. The molecule has 0 bridgehead atoms. The Kier molecular flexibility index (Phi) is 8.04. The van der Waals surface area contributed by atoms with Gasteiger partial charge in [-0.15, -0.1) is 0 Å². The molecular formula is C25H18Br2N2O4. The summed E-state index contributed by atoms with van der Waals surface area (Å²) in [6.07, 6.45) is 1.42. The van der Waals surface area contributed by atoms with E-state index in [1.807, 2.05) is 37.3 Å².